The van der Waals surface area contributed by atoms with Gasteiger partial charge in [0.05, 0.1) is 0 Å². The lowest BCUT2D eigenvalue weighted by atomic mass is 10.1. The number of rotatable bonds is 2. The average Bonchev–Trinajstić information content (AvgIpc) is 2.13. The van der Waals surface area contributed by atoms with E-state index in [1.807, 2.05) is 0 Å². The van der Waals surface area contributed by atoms with Gasteiger partial charge in [0.2, 0.25) is 0 Å². The van der Waals surface area contributed by atoms with Crippen molar-refractivity contribution in [1.82, 2.24) is 4.98 Å². The number of nitrogens with one attached hydrogen (secondary N) is 1. The molecule has 0 aromatic carbocycles. The summed E-state index contributed by atoms with van der Waals surface area (Å²) in [5.74, 6) is -1.81. The highest BCUT2D eigenvalue weighted by Crippen LogP contribution is 2.33. The van der Waals surface area contributed by atoms with Crippen LogP contribution < -0.4 is 5.56 Å². The molecule has 0 atom stereocenters. The highest BCUT2D eigenvalue weighted by molar-refractivity contribution is 5.85. The molecule has 0 fully saturated rings. The smallest absolute Gasteiger partial charge is 0.422 e. The third kappa shape index (κ3) is 2.60. The Morgan fingerprint density at radius 3 is 2.24 bits per heavy atom. The van der Waals surface area contributed by atoms with Crippen molar-refractivity contribution in [3.05, 3.63) is 33.2 Å². The van der Waals surface area contributed by atoms with Crippen LogP contribution in [0.15, 0.2) is 10.9 Å². The molecular weight excluding hydrogens is 253 g/mol. The third-order valence-corrected chi connectivity index (χ3v) is 1.81. The molecule has 1 rings (SSSR count). The van der Waals surface area contributed by atoms with Crippen LogP contribution in [0.4, 0.5) is 22.0 Å². The molecule has 0 aliphatic heterocycles. The van der Waals surface area contributed by atoms with Gasteiger partial charge in [0.25, 0.3) is 12.0 Å². The Bertz CT molecular complexity index is 505. The number of aromatic amines is 1. The summed E-state index contributed by atoms with van der Waals surface area (Å²) < 4.78 is 61.6. The van der Waals surface area contributed by atoms with Crippen molar-refractivity contribution in [3.63, 3.8) is 0 Å². The standard InChI is InChI=1S/C8H4F5NO3/c9-5(10)2-1-3(7(16)17)14-6(15)4(2)8(11,12)13/h1,5H,(H,14,15)(H,16,17). The highest BCUT2D eigenvalue weighted by atomic mass is 19.4. The molecule has 17 heavy (non-hydrogen) atoms. The highest BCUT2D eigenvalue weighted by Gasteiger charge is 2.39. The Labute approximate surface area is 89.7 Å². The first-order valence-corrected chi connectivity index (χ1v) is 4.00. The van der Waals surface area contributed by atoms with Crippen LogP contribution in [-0.4, -0.2) is 16.1 Å². The molecule has 0 aliphatic rings. The Balaban J connectivity index is 3.62. The first-order chi connectivity index (χ1) is 7.64. The number of carboxylic acid groups (broad SMARTS) is 1. The van der Waals surface area contributed by atoms with Crippen molar-refractivity contribution in [1.29, 1.82) is 0 Å². The van der Waals surface area contributed by atoms with Gasteiger partial charge in [-0.25, -0.2) is 13.6 Å². The number of carboxylic acids is 1. The average molecular weight is 257 g/mol. The van der Waals surface area contributed by atoms with Gasteiger partial charge < -0.3 is 10.1 Å². The molecule has 9 heteroatoms. The van der Waals surface area contributed by atoms with Gasteiger partial charge in [-0.05, 0) is 6.07 Å². The lowest BCUT2D eigenvalue weighted by Gasteiger charge is -2.11. The number of alkyl halides is 5. The van der Waals surface area contributed by atoms with Crippen LogP contribution in [0.5, 0.6) is 0 Å². The number of aromatic carboxylic acids is 1. The van der Waals surface area contributed by atoms with E-state index < -0.39 is 41.0 Å². The van der Waals surface area contributed by atoms with Gasteiger partial charge in [0.1, 0.15) is 11.3 Å². The Morgan fingerprint density at radius 1 is 1.35 bits per heavy atom. The van der Waals surface area contributed by atoms with Crippen molar-refractivity contribution in [2.75, 3.05) is 0 Å². The van der Waals surface area contributed by atoms with Crippen molar-refractivity contribution in [2.45, 2.75) is 12.6 Å². The molecule has 0 saturated heterocycles. The van der Waals surface area contributed by atoms with E-state index in [0.29, 0.717) is 0 Å². The monoisotopic (exact) mass is 257 g/mol. The van der Waals surface area contributed by atoms with Gasteiger partial charge >= 0.3 is 12.1 Å². The summed E-state index contributed by atoms with van der Waals surface area (Å²) in [5, 5.41) is 8.41. The predicted molar refractivity (Wildman–Crippen MR) is 44.0 cm³/mol. The molecular formula is C8H4F5NO3. The summed E-state index contributed by atoms with van der Waals surface area (Å²) in [6, 6.07) is 0.0945. The van der Waals surface area contributed by atoms with Crippen molar-refractivity contribution in [2.24, 2.45) is 0 Å². The summed E-state index contributed by atoms with van der Waals surface area (Å²) in [6.07, 6.45) is -8.89. The van der Waals surface area contributed by atoms with E-state index in [2.05, 4.69) is 0 Å². The Morgan fingerprint density at radius 2 is 1.88 bits per heavy atom. The van der Waals surface area contributed by atoms with E-state index in [1.54, 1.807) is 0 Å². The van der Waals surface area contributed by atoms with Crippen LogP contribution in [-0.2, 0) is 6.18 Å². The maximum atomic E-state index is 12.3. The van der Waals surface area contributed by atoms with Crippen LogP contribution in [0.25, 0.3) is 0 Å². The minimum Gasteiger partial charge on any atom is -0.477 e. The fourth-order valence-corrected chi connectivity index (χ4v) is 1.16. The summed E-state index contributed by atoms with van der Waals surface area (Å²) in [5.41, 5.74) is -6.68. The number of H-pyrrole nitrogens is 1. The molecule has 0 spiro atoms. The molecule has 1 aromatic rings. The van der Waals surface area contributed by atoms with Gasteiger partial charge in [-0.1, -0.05) is 0 Å². The second kappa shape index (κ2) is 4.15. The van der Waals surface area contributed by atoms with Gasteiger partial charge in [-0.15, -0.1) is 0 Å². The van der Waals surface area contributed by atoms with E-state index in [4.69, 9.17) is 5.11 Å². The zero-order valence-corrected chi connectivity index (χ0v) is 7.81. The lowest BCUT2D eigenvalue weighted by molar-refractivity contribution is -0.140. The van der Waals surface area contributed by atoms with Gasteiger partial charge in [0.15, 0.2) is 0 Å². The molecule has 0 unspecified atom stereocenters. The second-order valence-corrected chi connectivity index (χ2v) is 2.95. The number of hydrogen-bond acceptors (Lipinski definition) is 2. The second-order valence-electron chi connectivity index (χ2n) is 2.95. The maximum Gasteiger partial charge on any atom is 0.422 e. The van der Waals surface area contributed by atoms with Crippen LogP contribution in [0.2, 0.25) is 0 Å². The first kappa shape index (κ1) is 13.1. The normalized spacial score (nSPS) is 11.9. The fourth-order valence-electron chi connectivity index (χ4n) is 1.16. The van der Waals surface area contributed by atoms with Gasteiger partial charge in [-0.3, -0.25) is 4.79 Å². The van der Waals surface area contributed by atoms with E-state index in [9.17, 15) is 31.5 Å². The first-order valence-electron chi connectivity index (χ1n) is 4.00. The molecule has 1 heterocycles. The largest absolute Gasteiger partial charge is 0.477 e. The molecule has 0 radical (unpaired) electrons. The lowest BCUT2D eigenvalue weighted by Crippen LogP contribution is -2.26. The summed E-state index contributed by atoms with van der Waals surface area (Å²) >= 11 is 0. The van der Waals surface area contributed by atoms with Crippen LogP contribution in [0.1, 0.15) is 28.0 Å². The quantitative estimate of drug-likeness (QED) is 0.796. The summed E-state index contributed by atoms with van der Waals surface area (Å²) in [6.45, 7) is 0. The van der Waals surface area contributed by atoms with E-state index in [1.165, 1.54) is 4.98 Å². The molecule has 0 saturated carbocycles. The number of carbonyl (C=O) groups is 1. The van der Waals surface area contributed by atoms with Crippen molar-refractivity contribution in [3.8, 4) is 0 Å². The molecule has 2 N–H and O–H groups in total. The number of hydrogen-bond donors (Lipinski definition) is 2. The molecule has 0 bridgehead atoms. The molecule has 4 nitrogen and oxygen atoms in total. The number of aromatic nitrogens is 1. The van der Waals surface area contributed by atoms with E-state index in [0.717, 1.165) is 0 Å². The summed E-state index contributed by atoms with van der Waals surface area (Å²) in [7, 11) is 0. The molecule has 0 amide bonds. The predicted octanol–water partition coefficient (Wildman–Crippen LogP) is 2.03. The Kier molecular flexibility index (Phi) is 3.21. The molecule has 1 aromatic heterocycles. The minimum absolute atomic E-state index is 0.0945. The minimum atomic E-state index is -5.28. The fraction of sp³-hybridized carbons (Fsp3) is 0.250. The SMILES string of the molecule is O=C(O)c1cc(C(F)F)c(C(F)(F)F)c(=O)[nH]1. The summed E-state index contributed by atoms with van der Waals surface area (Å²) in [4.78, 5) is 22.7. The van der Waals surface area contributed by atoms with Gasteiger partial charge in [-0.2, -0.15) is 13.2 Å². The third-order valence-electron chi connectivity index (χ3n) is 1.81. The number of pyridine rings is 1. The molecule has 94 valence electrons. The van der Waals surface area contributed by atoms with Crippen LogP contribution in [0.3, 0.4) is 0 Å². The maximum absolute atomic E-state index is 12.3. The number of halogens is 5. The van der Waals surface area contributed by atoms with E-state index in [-0.39, 0.29) is 6.07 Å². The Hall–Kier alpha value is -1.93. The van der Waals surface area contributed by atoms with Crippen molar-refractivity contribution >= 4 is 5.97 Å². The molecule has 0 aliphatic carbocycles. The zero-order chi connectivity index (χ0) is 13.4. The zero-order valence-electron chi connectivity index (χ0n) is 7.81. The van der Waals surface area contributed by atoms with Crippen LogP contribution in [0, 0.1) is 0 Å². The van der Waals surface area contributed by atoms with Crippen molar-refractivity contribution < 1.29 is 31.9 Å². The van der Waals surface area contributed by atoms with Crippen LogP contribution >= 0.6 is 0 Å². The van der Waals surface area contributed by atoms with Gasteiger partial charge in [0, 0.05) is 5.56 Å². The topological polar surface area (TPSA) is 70.2 Å². The van der Waals surface area contributed by atoms with E-state index >= 15 is 0 Å².